The third-order valence-electron chi connectivity index (χ3n) is 11.8. The number of hydrogen-bond acceptors (Lipinski definition) is 2. The molecule has 3 heteroatoms. The van der Waals surface area contributed by atoms with Crippen molar-refractivity contribution in [3.05, 3.63) is 162 Å². The molecule has 0 amide bonds. The predicted molar refractivity (Wildman–Crippen MR) is 208 cm³/mol. The molecule has 3 heterocycles. The van der Waals surface area contributed by atoms with Crippen LogP contribution in [-0.2, 0) is 5.41 Å². The lowest BCUT2D eigenvalue weighted by Crippen LogP contribution is -2.30. The van der Waals surface area contributed by atoms with Crippen LogP contribution < -0.4 is 4.90 Å². The zero-order chi connectivity index (χ0) is 32.8. The highest BCUT2D eigenvalue weighted by molar-refractivity contribution is 6.25. The highest BCUT2D eigenvalue weighted by Crippen LogP contribution is 2.57. The number of para-hydroxylation sites is 3. The Morgan fingerprint density at radius 3 is 2.20 bits per heavy atom. The number of rotatable bonds is 4. The molecule has 0 N–H and O–H groups in total. The minimum atomic E-state index is -0.0362. The van der Waals surface area contributed by atoms with Crippen LogP contribution in [0.5, 0.6) is 0 Å². The summed E-state index contributed by atoms with van der Waals surface area (Å²) in [7, 11) is 0. The molecule has 3 aliphatic rings. The van der Waals surface area contributed by atoms with Gasteiger partial charge < -0.3 is 13.9 Å². The van der Waals surface area contributed by atoms with Gasteiger partial charge in [-0.1, -0.05) is 97.8 Å². The molecule has 1 spiro atoms. The van der Waals surface area contributed by atoms with Crippen LogP contribution in [0.2, 0.25) is 0 Å². The van der Waals surface area contributed by atoms with Crippen LogP contribution in [0.4, 0.5) is 11.4 Å². The molecule has 1 saturated carbocycles. The summed E-state index contributed by atoms with van der Waals surface area (Å²) in [6.07, 6.45) is 13.6. The van der Waals surface area contributed by atoms with Crippen molar-refractivity contribution in [3.8, 4) is 16.8 Å². The van der Waals surface area contributed by atoms with Crippen LogP contribution in [0.25, 0.3) is 60.6 Å². The van der Waals surface area contributed by atoms with Gasteiger partial charge in [-0.15, -0.1) is 0 Å². The fourth-order valence-corrected chi connectivity index (χ4v) is 9.54. The van der Waals surface area contributed by atoms with Gasteiger partial charge in [0.1, 0.15) is 11.2 Å². The van der Waals surface area contributed by atoms with Crippen molar-refractivity contribution < 1.29 is 4.42 Å². The molecule has 2 aromatic heterocycles. The smallest absolute Gasteiger partial charge is 0.145 e. The Balaban J connectivity index is 1.11. The van der Waals surface area contributed by atoms with Gasteiger partial charge in [0, 0.05) is 38.6 Å². The zero-order valence-corrected chi connectivity index (χ0v) is 27.9. The summed E-state index contributed by atoms with van der Waals surface area (Å²) < 4.78 is 9.24. The van der Waals surface area contributed by atoms with Gasteiger partial charge in [0.15, 0.2) is 0 Å². The molecule has 11 rings (SSSR count). The monoisotopic (exact) mass is 644 g/mol. The van der Waals surface area contributed by atoms with Crippen molar-refractivity contribution in [2.75, 3.05) is 4.90 Å². The minimum absolute atomic E-state index is 0.0362. The van der Waals surface area contributed by atoms with Crippen molar-refractivity contribution in [3.63, 3.8) is 0 Å². The molecule has 50 heavy (non-hydrogen) atoms. The minimum Gasteiger partial charge on any atom is -0.455 e. The first-order valence-corrected chi connectivity index (χ1v) is 18.1. The highest BCUT2D eigenvalue weighted by Gasteiger charge is 2.45. The van der Waals surface area contributed by atoms with E-state index in [0.717, 1.165) is 36.8 Å². The molecule has 1 fully saturated rings. The fraction of sp³-hybridized carbons (Fsp3) is 0.149. The van der Waals surface area contributed by atoms with Gasteiger partial charge in [-0.2, -0.15) is 0 Å². The summed E-state index contributed by atoms with van der Waals surface area (Å²) in [6.45, 7) is 0. The van der Waals surface area contributed by atoms with Gasteiger partial charge in [-0.25, -0.2) is 0 Å². The van der Waals surface area contributed by atoms with Gasteiger partial charge in [0.2, 0.25) is 0 Å². The Hall–Kier alpha value is -5.80. The Kier molecular flexibility index (Phi) is 5.95. The zero-order valence-electron chi connectivity index (χ0n) is 27.9. The molecule has 1 aliphatic heterocycles. The highest BCUT2D eigenvalue weighted by atomic mass is 16.3. The van der Waals surface area contributed by atoms with E-state index in [2.05, 4.69) is 155 Å². The van der Waals surface area contributed by atoms with Crippen molar-refractivity contribution in [2.45, 2.75) is 43.9 Å². The summed E-state index contributed by atoms with van der Waals surface area (Å²) in [5.41, 5.74) is 15.0. The van der Waals surface area contributed by atoms with Crippen LogP contribution >= 0.6 is 0 Å². The number of furan rings is 1. The topological polar surface area (TPSA) is 21.3 Å². The maximum Gasteiger partial charge on any atom is 0.145 e. The SMILES string of the molecule is C1=CCCC(N(c2ccccc2)c2ccc(-c3ccc4c(c3)C3(CCCC3)c3cc5c6ccccc6oc5c5c6ccccc6n-4c35)cc2)=C1. The third-order valence-corrected chi connectivity index (χ3v) is 11.8. The lowest BCUT2D eigenvalue weighted by atomic mass is 9.69. The normalized spacial score (nSPS) is 16.1. The van der Waals surface area contributed by atoms with Crippen LogP contribution in [0.1, 0.15) is 49.7 Å². The Morgan fingerprint density at radius 2 is 1.38 bits per heavy atom. The second-order valence-electron chi connectivity index (χ2n) is 14.3. The molecule has 0 saturated heterocycles. The van der Waals surface area contributed by atoms with Crippen LogP contribution in [0, 0.1) is 0 Å². The Morgan fingerprint density at radius 1 is 0.640 bits per heavy atom. The van der Waals surface area contributed by atoms with E-state index < -0.39 is 0 Å². The number of fused-ring (bicyclic) bond motifs is 11. The maximum absolute atomic E-state index is 6.70. The molecule has 0 unspecified atom stereocenters. The van der Waals surface area contributed by atoms with Crippen molar-refractivity contribution in [2.24, 2.45) is 0 Å². The van der Waals surface area contributed by atoms with E-state index >= 15 is 0 Å². The van der Waals surface area contributed by atoms with E-state index in [1.54, 1.807) is 0 Å². The predicted octanol–water partition coefficient (Wildman–Crippen LogP) is 12.9. The molecule has 6 aromatic carbocycles. The molecule has 8 aromatic rings. The molecule has 0 bridgehead atoms. The summed E-state index contributed by atoms with van der Waals surface area (Å²) in [4.78, 5) is 2.41. The van der Waals surface area contributed by atoms with E-state index in [1.807, 2.05) is 0 Å². The summed E-state index contributed by atoms with van der Waals surface area (Å²) in [6, 6.07) is 47.2. The largest absolute Gasteiger partial charge is 0.455 e. The second-order valence-corrected chi connectivity index (χ2v) is 14.3. The van der Waals surface area contributed by atoms with Gasteiger partial charge in [0.25, 0.3) is 0 Å². The average molecular weight is 645 g/mol. The van der Waals surface area contributed by atoms with Crippen LogP contribution in [0.3, 0.4) is 0 Å². The Labute approximate surface area is 291 Å². The fourth-order valence-electron chi connectivity index (χ4n) is 9.54. The lowest BCUT2D eigenvalue weighted by molar-refractivity contribution is 0.530. The van der Waals surface area contributed by atoms with Gasteiger partial charge >= 0.3 is 0 Å². The van der Waals surface area contributed by atoms with E-state index in [9.17, 15) is 0 Å². The number of aromatic nitrogens is 1. The molecular weight excluding hydrogens is 609 g/mol. The molecule has 240 valence electrons. The van der Waals surface area contributed by atoms with E-state index in [1.165, 1.54) is 90.4 Å². The first-order valence-electron chi connectivity index (χ1n) is 18.1. The van der Waals surface area contributed by atoms with Gasteiger partial charge in [0.05, 0.1) is 22.1 Å². The number of hydrogen-bond donors (Lipinski definition) is 0. The summed E-state index contributed by atoms with van der Waals surface area (Å²) >= 11 is 0. The van der Waals surface area contributed by atoms with Crippen LogP contribution in [0.15, 0.2) is 156 Å². The van der Waals surface area contributed by atoms with Crippen molar-refractivity contribution in [1.82, 2.24) is 4.57 Å². The number of allylic oxidation sites excluding steroid dienone is 4. The first kappa shape index (κ1) is 28.1. The lowest BCUT2D eigenvalue weighted by Gasteiger charge is -2.38. The third kappa shape index (κ3) is 3.86. The molecule has 3 nitrogen and oxygen atoms in total. The second kappa shape index (κ2) is 10.6. The summed E-state index contributed by atoms with van der Waals surface area (Å²) in [5, 5.41) is 4.96. The molecule has 0 atom stereocenters. The Bertz CT molecular complexity index is 2700. The average Bonchev–Trinajstić information content (AvgIpc) is 3.90. The quantitative estimate of drug-likeness (QED) is 0.190. The van der Waals surface area contributed by atoms with E-state index in [4.69, 9.17) is 4.42 Å². The molecule has 2 aliphatic carbocycles. The summed E-state index contributed by atoms with van der Waals surface area (Å²) in [5.74, 6) is 0. The van der Waals surface area contributed by atoms with Crippen molar-refractivity contribution in [1.29, 1.82) is 0 Å². The van der Waals surface area contributed by atoms with Crippen LogP contribution in [-0.4, -0.2) is 4.57 Å². The number of benzene rings is 6. The number of anilines is 2. The standard InChI is InChI=1S/C47H36N2O/c1-3-13-33(14-4-1)48(34-15-5-2-6-16-34)35-24-21-31(22-25-35)32-23-26-42-39(29-32)47(27-11-12-28-47)40-30-38-36-17-8-10-20-43(36)50-46(38)44-37-18-7-9-19-41(37)49(42)45(40)44/h1-5,7-10,13-15,17-26,29-30H,6,11-12,16,27-28H2. The van der Waals surface area contributed by atoms with E-state index in [0.29, 0.717) is 0 Å². The molecule has 0 radical (unpaired) electrons. The molecular formula is C47H36N2O. The number of nitrogens with zero attached hydrogens (tertiary/aromatic N) is 2. The van der Waals surface area contributed by atoms with Gasteiger partial charge in [-0.05, 0) is 109 Å². The van der Waals surface area contributed by atoms with Gasteiger partial charge in [-0.3, -0.25) is 0 Å². The first-order chi connectivity index (χ1) is 24.8. The van der Waals surface area contributed by atoms with E-state index in [-0.39, 0.29) is 5.41 Å². The maximum atomic E-state index is 6.70. The van der Waals surface area contributed by atoms with Crippen molar-refractivity contribution >= 4 is 55.1 Å².